The second-order valence-corrected chi connectivity index (χ2v) is 15.8. The van der Waals surface area contributed by atoms with Gasteiger partial charge >= 0.3 is 5.97 Å². The Morgan fingerprint density at radius 1 is 1.06 bits per heavy atom. The summed E-state index contributed by atoms with van der Waals surface area (Å²) in [6.07, 6.45) is 8.05. The van der Waals surface area contributed by atoms with E-state index in [0.717, 1.165) is 35.9 Å². The molecule has 0 bridgehead atoms. The number of ketones is 1. The number of esters is 1. The van der Waals surface area contributed by atoms with Crippen molar-refractivity contribution in [2.24, 2.45) is 17.3 Å². The van der Waals surface area contributed by atoms with E-state index in [-0.39, 0.29) is 49.3 Å². The molecule has 5 atom stereocenters. The van der Waals surface area contributed by atoms with Crippen LogP contribution in [0.4, 0.5) is 0 Å². The third-order valence-electron chi connectivity index (χ3n) is 9.82. The van der Waals surface area contributed by atoms with Crippen LogP contribution in [0.5, 0.6) is 16.7 Å². The molecule has 51 heavy (non-hydrogen) atoms. The summed E-state index contributed by atoms with van der Waals surface area (Å²) < 4.78 is 18.2. The van der Waals surface area contributed by atoms with Crippen molar-refractivity contribution in [1.82, 2.24) is 15.4 Å². The van der Waals surface area contributed by atoms with Crippen molar-refractivity contribution in [1.29, 1.82) is 0 Å². The van der Waals surface area contributed by atoms with Crippen LogP contribution in [0.25, 0.3) is 10.2 Å². The lowest BCUT2D eigenvalue weighted by Gasteiger charge is -2.29. The van der Waals surface area contributed by atoms with Crippen LogP contribution in [0.1, 0.15) is 78.6 Å². The molecule has 0 unspecified atom stereocenters. The number of hydrogen-bond donors (Lipinski definition) is 1. The average Bonchev–Trinajstić information content (AvgIpc) is 3.40. The number of carbonyl (C=O) groups excluding carboxylic acids is 4. The molecule has 3 aliphatic rings. The van der Waals surface area contributed by atoms with E-state index in [1.165, 1.54) is 11.3 Å². The van der Waals surface area contributed by atoms with Crippen LogP contribution in [-0.2, 0) is 23.9 Å². The molecule has 0 radical (unpaired) electrons. The van der Waals surface area contributed by atoms with Crippen LogP contribution in [0.2, 0.25) is 0 Å². The fraction of sp³-hybridized carbons (Fsp3) is 0.513. The summed E-state index contributed by atoms with van der Waals surface area (Å²) in [6, 6.07) is 13.7. The van der Waals surface area contributed by atoms with Crippen molar-refractivity contribution in [2.45, 2.75) is 96.3 Å². The predicted octanol–water partition coefficient (Wildman–Crippen LogP) is 6.60. The number of Topliss-reactive ketones (excluding diaryl/α,β-unsaturated/α-hetero) is 1. The monoisotopic (exact) mass is 717 g/mol. The molecule has 1 aromatic heterocycles. The molecule has 12 heteroatoms. The molecule has 3 heterocycles. The number of ether oxygens (including phenoxy) is 3. The lowest BCUT2D eigenvalue weighted by atomic mass is 9.90. The number of carbonyl (C=O) groups is 4. The van der Waals surface area contributed by atoms with Gasteiger partial charge in [0.05, 0.1) is 41.7 Å². The van der Waals surface area contributed by atoms with Crippen molar-refractivity contribution in [2.75, 3.05) is 13.7 Å². The number of benzene rings is 2. The normalized spacial score (nSPS) is 26.2. The highest BCUT2D eigenvalue weighted by Gasteiger charge is 2.61. The standard InChI is InChI=1S/C39H47N3O8S/c1-38(2,3)49-34(44)19-25-13-9-6-5-7-10-14-26-22-39(26,36(46)41-50-27-15-11-8-12-16-27)23-32(43)31-20-29(24-42(31)35(25)45)48-37-40-30-18-17-28(47-4)21-33(30)51-37/h8,10-12,14-18,21,25-26,29,31H,5-7,9,13,19-20,22-24H2,1-4H3,(H,41,46)/b14-10-/t25-,26+,29-,31+,39-/m1/s1. The van der Waals surface area contributed by atoms with Gasteiger partial charge in [-0.2, -0.15) is 5.48 Å². The number of rotatable bonds is 8. The minimum atomic E-state index is -1.00. The Morgan fingerprint density at radius 3 is 2.63 bits per heavy atom. The molecule has 2 fully saturated rings. The first-order chi connectivity index (χ1) is 24.4. The highest BCUT2D eigenvalue weighted by Crippen LogP contribution is 2.57. The molecule has 1 aliphatic carbocycles. The number of para-hydroxylation sites is 1. The summed E-state index contributed by atoms with van der Waals surface area (Å²) in [5, 5.41) is 0.428. The number of nitrogens with zero attached hydrogens (tertiary/aromatic N) is 2. The molecule has 11 nitrogen and oxygen atoms in total. The first-order valence-electron chi connectivity index (χ1n) is 17.8. The number of amides is 2. The van der Waals surface area contributed by atoms with E-state index in [1.54, 1.807) is 44.9 Å². The van der Waals surface area contributed by atoms with Gasteiger partial charge in [0.25, 0.3) is 11.1 Å². The number of methoxy groups -OCH3 is 1. The first kappa shape index (κ1) is 36.3. The molecule has 1 N–H and O–H groups in total. The van der Waals surface area contributed by atoms with Gasteiger partial charge in [-0.25, -0.2) is 4.98 Å². The van der Waals surface area contributed by atoms with Crippen molar-refractivity contribution in [3.63, 3.8) is 0 Å². The second kappa shape index (κ2) is 15.4. The molecular weight excluding hydrogens is 671 g/mol. The van der Waals surface area contributed by atoms with Gasteiger partial charge < -0.3 is 23.9 Å². The smallest absolute Gasteiger partial charge is 0.307 e. The minimum Gasteiger partial charge on any atom is -0.497 e. The molecule has 272 valence electrons. The van der Waals surface area contributed by atoms with E-state index in [0.29, 0.717) is 29.5 Å². The van der Waals surface area contributed by atoms with Gasteiger partial charge in [-0.05, 0) is 82.7 Å². The van der Waals surface area contributed by atoms with Crippen molar-refractivity contribution < 1.29 is 38.2 Å². The van der Waals surface area contributed by atoms with Crippen LogP contribution >= 0.6 is 11.3 Å². The van der Waals surface area contributed by atoms with Gasteiger partial charge in [0.15, 0.2) is 11.5 Å². The SMILES string of the molecule is COc1ccc2nc(O[C@@H]3C[C@H]4C(=O)C[C@]5(C(=O)NOc6ccccc6)C[C@@H]5/C=C\CCCCC[C@H](CC(=O)OC(C)(C)C)C(=O)N4C3)sc2c1. The number of thiazole rings is 1. The summed E-state index contributed by atoms with van der Waals surface area (Å²) >= 11 is 1.37. The van der Waals surface area contributed by atoms with Gasteiger partial charge in [-0.15, -0.1) is 0 Å². The second-order valence-electron chi connectivity index (χ2n) is 14.8. The maximum absolute atomic E-state index is 14.5. The van der Waals surface area contributed by atoms with E-state index >= 15 is 0 Å². The molecular formula is C39H47N3O8S. The maximum Gasteiger partial charge on any atom is 0.307 e. The van der Waals surface area contributed by atoms with Crippen LogP contribution in [0, 0.1) is 17.3 Å². The fourth-order valence-electron chi connectivity index (χ4n) is 7.11. The summed E-state index contributed by atoms with van der Waals surface area (Å²) in [5.41, 5.74) is 1.65. The quantitative estimate of drug-likeness (QED) is 0.156. The summed E-state index contributed by atoms with van der Waals surface area (Å²) in [6.45, 7) is 5.55. The van der Waals surface area contributed by atoms with Gasteiger partial charge in [-0.1, -0.05) is 54.5 Å². The molecule has 2 aromatic carbocycles. The average molecular weight is 718 g/mol. The Kier molecular flexibility index (Phi) is 11.0. The fourth-order valence-corrected chi connectivity index (χ4v) is 8.02. The lowest BCUT2D eigenvalue weighted by Crippen LogP contribution is -2.46. The van der Waals surface area contributed by atoms with Crippen molar-refractivity contribution in [3.05, 3.63) is 60.7 Å². The number of nitrogens with one attached hydrogen (secondary N) is 1. The molecule has 1 saturated heterocycles. The largest absolute Gasteiger partial charge is 0.497 e. The van der Waals surface area contributed by atoms with Crippen LogP contribution in [0.3, 0.4) is 0 Å². The van der Waals surface area contributed by atoms with Crippen molar-refractivity contribution in [3.8, 4) is 16.7 Å². The Bertz CT molecular complexity index is 1770. The zero-order chi connectivity index (χ0) is 36.2. The minimum absolute atomic E-state index is 0.0647. The molecule has 3 aromatic rings. The molecule has 6 rings (SSSR count). The zero-order valence-electron chi connectivity index (χ0n) is 29.7. The first-order valence-corrected chi connectivity index (χ1v) is 18.6. The Balaban J connectivity index is 1.27. The highest BCUT2D eigenvalue weighted by atomic mass is 32.1. The van der Waals surface area contributed by atoms with E-state index in [4.69, 9.17) is 19.0 Å². The third kappa shape index (κ3) is 8.90. The number of aromatic nitrogens is 1. The molecule has 2 amide bonds. The van der Waals surface area contributed by atoms with E-state index < -0.39 is 35.0 Å². The topological polar surface area (TPSA) is 133 Å². The Morgan fingerprint density at radius 2 is 1.86 bits per heavy atom. The van der Waals surface area contributed by atoms with Gasteiger partial charge in [-0.3, -0.25) is 19.2 Å². The molecule has 2 aliphatic heterocycles. The van der Waals surface area contributed by atoms with Crippen LogP contribution in [0.15, 0.2) is 60.7 Å². The molecule has 1 saturated carbocycles. The van der Waals surface area contributed by atoms with Gasteiger partial charge in [0, 0.05) is 18.8 Å². The maximum atomic E-state index is 14.5. The summed E-state index contributed by atoms with van der Waals surface area (Å²) in [5.74, 6) is -0.914. The lowest BCUT2D eigenvalue weighted by molar-refractivity contribution is -0.159. The van der Waals surface area contributed by atoms with E-state index in [2.05, 4.69) is 16.5 Å². The Labute approximate surface area is 302 Å². The highest BCUT2D eigenvalue weighted by molar-refractivity contribution is 7.20. The number of hydrogen-bond acceptors (Lipinski definition) is 10. The zero-order valence-corrected chi connectivity index (χ0v) is 30.5. The van der Waals surface area contributed by atoms with Gasteiger partial charge in [0.1, 0.15) is 17.5 Å². The van der Waals surface area contributed by atoms with Crippen LogP contribution < -0.4 is 19.8 Å². The summed E-state index contributed by atoms with van der Waals surface area (Å²) in [7, 11) is 1.60. The third-order valence-corrected chi connectivity index (χ3v) is 10.7. The van der Waals surface area contributed by atoms with Gasteiger partial charge in [0.2, 0.25) is 5.91 Å². The van der Waals surface area contributed by atoms with Crippen LogP contribution in [-0.4, -0.2) is 64.9 Å². The van der Waals surface area contributed by atoms with E-state index in [9.17, 15) is 19.2 Å². The number of hydroxylamine groups is 1. The Hall–Kier alpha value is -4.45. The van der Waals surface area contributed by atoms with Crippen molar-refractivity contribution >= 4 is 45.1 Å². The summed E-state index contributed by atoms with van der Waals surface area (Å²) in [4.78, 5) is 67.5. The molecule has 0 spiro atoms. The number of allylic oxidation sites excluding steroid dienone is 2. The predicted molar refractivity (Wildman–Crippen MR) is 192 cm³/mol. The number of fused-ring (bicyclic) bond motifs is 3. The van der Waals surface area contributed by atoms with E-state index in [1.807, 2.05) is 42.5 Å².